The Morgan fingerprint density at radius 3 is 2.53 bits per heavy atom. The number of aliphatic carboxylic acids is 1. The van der Waals surface area contributed by atoms with Gasteiger partial charge in [-0.3, -0.25) is 9.63 Å². The van der Waals surface area contributed by atoms with Crippen molar-refractivity contribution in [1.29, 1.82) is 0 Å². The molecule has 0 aliphatic carbocycles. The molecule has 94 valence electrons. The van der Waals surface area contributed by atoms with Crippen LogP contribution in [0, 0.1) is 0 Å². The van der Waals surface area contributed by atoms with E-state index in [1.54, 1.807) is 29.2 Å². The summed E-state index contributed by atoms with van der Waals surface area (Å²) in [5.74, 6) is -1.43. The zero-order valence-electron chi connectivity index (χ0n) is 9.16. The molecule has 0 saturated heterocycles. The lowest BCUT2D eigenvalue weighted by Gasteiger charge is -2.09. The quantitative estimate of drug-likeness (QED) is 0.726. The Hall–Kier alpha value is -1.44. The minimum atomic E-state index is -4.00. The number of benzene rings is 1. The molecule has 0 aliphatic heterocycles. The van der Waals surface area contributed by atoms with E-state index in [2.05, 4.69) is 0 Å². The molecule has 1 rings (SSSR count). The fourth-order valence-corrected chi connectivity index (χ4v) is 1.61. The van der Waals surface area contributed by atoms with E-state index in [1.807, 2.05) is 6.07 Å². The van der Waals surface area contributed by atoms with Crippen LogP contribution in [0.4, 0.5) is 0 Å². The van der Waals surface area contributed by atoms with Gasteiger partial charge in [0.2, 0.25) is 10.0 Å². The van der Waals surface area contributed by atoms with Crippen molar-refractivity contribution >= 4 is 16.0 Å². The molecule has 1 aromatic carbocycles. The smallest absolute Gasteiger partial charge is 0.323 e. The van der Waals surface area contributed by atoms with Gasteiger partial charge in [-0.15, -0.1) is 0 Å². The van der Waals surface area contributed by atoms with Gasteiger partial charge < -0.3 is 5.11 Å². The Morgan fingerprint density at radius 2 is 2.00 bits per heavy atom. The average molecular weight is 259 g/mol. The first kappa shape index (κ1) is 13.6. The maximum absolute atomic E-state index is 11.3. The second-order valence-electron chi connectivity index (χ2n) is 3.38. The van der Waals surface area contributed by atoms with Gasteiger partial charge in [-0.05, 0) is 12.5 Å². The van der Waals surface area contributed by atoms with Crippen LogP contribution >= 0.6 is 0 Å². The lowest BCUT2D eigenvalue weighted by atomic mass is 10.2. The zero-order valence-corrected chi connectivity index (χ0v) is 9.98. The van der Waals surface area contributed by atoms with Crippen LogP contribution in [0.25, 0.3) is 0 Å². The first-order chi connectivity index (χ1) is 7.93. The topological polar surface area (TPSA) is 92.7 Å². The zero-order chi connectivity index (χ0) is 12.9. The minimum absolute atomic E-state index is 0.0341. The van der Waals surface area contributed by atoms with Crippen LogP contribution in [-0.4, -0.2) is 24.7 Å². The van der Waals surface area contributed by atoms with Crippen LogP contribution in [0.5, 0.6) is 0 Å². The van der Waals surface area contributed by atoms with Crippen molar-refractivity contribution < 1.29 is 23.2 Å². The van der Waals surface area contributed by atoms with Crippen molar-refractivity contribution in [3.63, 3.8) is 0 Å². The lowest BCUT2D eigenvalue weighted by Crippen LogP contribution is -2.37. The van der Waals surface area contributed by atoms with E-state index >= 15 is 0 Å². The molecule has 2 N–H and O–H groups in total. The second kappa shape index (κ2) is 5.76. The van der Waals surface area contributed by atoms with Crippen molar-refractivity contribution in [3.05, 3.63) is 35.9 Å². The van der Waals surface area contributed by atoms with Crippen molar-refractivity contribution in [1.82, 2.24) is 4.89 Å². The van der Waals surface area contributed by atoms with Crippen molar-refractivity contribution in [2.24, 2.45) is 0 Å². The predicted octanol–water partition coefficient (Wildman–Crippen LogP) is 0.511. The van der Waals surface area contributed by atoms with E-state index in [4.69, 9.17) is 9.94 Å². The average Bonchev–Trinajstić information content (AvgIpc) is 2.29. The SMILES string of the molecule is CC(C(=O)O)S(=O)(=O)NOCc1ccccc1. The summed E-state index contributed by atoms with van der Waals surface area (Å²) in [6.45, 7) is 1.10. The molecule has 0 amide bonds. The first-order valence-corrected chi connectivity index (χ1v) is 6.37. The maximum Gasteiger partial charge on any atom is 0.323 e. The highest BCUT2D eigenvalue weighted by atomic mass is 32.2. The summed E-state index contributed by atoms with van der Waals surface area (Å²) in [5.41, 5.74) is 0.776. The molecule has 0 radical (unpaired) electrons. The predicted molar refractivity (Wildman–Crippen MR) is 60.4 cm³/mol. The molecule has 0 saturated carbocycles. The Morgan fingerprint density at radius 1 is 1.41 bits per heavy atom. The van der Waals surface area contributed by atoms with Gasteiger partial charge in [0.25, 0.3) is 0 Å². The summed E-state index contributed by atoms with van der Waals surface area (Å²) in [7, 11) is -4.00. The van der Waals surface area contributed by atoms with Crippen LogP contribution < -0.4 is 4.89 Å². The molecule has 0 spiro atoms. The third-order valence-electron chi connectivity index (χ3n) is 2.07. The Kier molecular flexibility index (Phi) is 4.62. The monoisotopic (exact) mass is 259 g/mol. The van der Waals surface area contributed by atoms with Gasteiger partial charge in [0, 0.05) is 0 Å². The van der Waals surface area contributed by atoms with Gasteiger partial charge in [-0.25, -0.2) is 8.42 Å². The summed E-state index contributed by atoms with van der Waals surface area (Å²) in [5, 5.41) is 7.00. The van der Waals surface area contributed by atoms with E-state index in [0.717, 1.165) is 12.5 Å². The van der Waals surface area contributed by atoms with Crippen molar-refractivity contribution in [3.8, 4) is 0 Å². The fourth-order valence-electron chi connectivity index (χ4n) is 0.974. The molecule has 0 fully saturated rings. The van der Waals surface area contributed by atoms with Crippen molar-refractivity contribution in [2.45, 2.75) is 18.8 Å². The molecule has 7 heteroatoms. The number of carboxylic acid groups (broad SMARTS) is 1. The fraction of sp³-hybridized carbons (Fsp3) is 0.300. The molecule has 1 unspecified atom stereocenters. The molecule has 1 atom stereocenters. The van der Waals surface area contributed by atoms with Crippen LogP contribution in [-0.2, 0) is 26.3 Å². The van der Waals surface area contributed by atoms with E-state index in [-0.39, 0.29) is 6.61 Å². The maximum atomic E-state index is 11.3. The molecule has 17 heavy (non-hydrogen) atoms. The molecule has 0 bridgehead atoms. The van der Waals surface area contributed by atoms with Gasteiger partial charge in [0.1, 0.15) is 0 Å². The number of hydrogen-bond donors (Lipinski definition) is 2. The largest absolute Gasteiger partial charge is 0.480 e. The van der Waals surface area contributed by atoms with Crippen LogP contribution in [0.3, 0.4) is 0 Å². The molecular formula is C10H13NO5S. The standard InChI is InChI=1S/C10H13NO5S/c1-8(10(12)13)17(14,15)11-16-7-9-5-3-2-4-6-9/h2-6,8,11H,7H2,1H3,(H,12,13). The molecule has 6 nitrogen and oxygen atoms in total. The Bertz CT molecular complexity index is 471. The Labute approximate surface area is 99.2 Å². The Balaban J connectivity index is 2.49. The van der Waals surface area contributed by atoms with Crippen LogP contribution in [0.2, 0.25) is 0 Å². The number of rotatable bonds is 6. The van der Waals surface area contributed by atoms with E-state index in [9.17, 15) is 13.2 Å². The molecule has 0 aliphatic rings. The highest BCUT2D eigenvalue weighted by Crippen LogP contribution is 2.02. The van der Waals surface area contributed by atoms with Crippen LogP contribution in [0.15, 0.2) is 30.3 Å². The lowest BCUT2D eigenvalue weighted by molar-refractivity contribution is -0.136. The highest BCUT2D eigenvalue weighted by molar-refractivity contribution is 7.90. The van der Waals surface area contributed by atoms with Crippen LogP contribution in [0.1, 0.15) is 12.5 Å². The number of nitrogens with one attached hydrogen (secondary N) is 1. The van der Waals surface area contributed by atoms with E-state index < -0.39 is 21.2 Å². The van der Waals surface area contributed by atoms with Crippen molar-refractivity contribution in [2.75, 3.05) is 0 Å². The summed E-state index contributed by atoms with van der Waals surface area (Å²) in [4.78, 5) is 17.0. The minimum Gasteiger partial charge on any atom is -0.480 e. The third kappa shape index (κ3) is 4.14. The number of sulfonamides is 1. The summed E-state index contributed by atoms with van der Waals surface area (Å²) < 4.78 is 22.7. The second-order valence-corrected chi connectivity index (χ2v) is 5.35. The molecule has 0 aromatic heterocycles. The van der Waals surface area contributed by atoms with Gasteiger partial charge in [-0.1, -0.05) is 35.2 Å². The molecule has 1 aromatic rings. The highest BCUT2D eigenvalue weighted by Gasteiger charge is 2.27. The first-order valence-electron chi connectivity index (χ1n) is 4.82. The van der Waals surface area contributed by atoms with E-state index in [1.165, 1.54) is 0 Å². The third-order valence-corrected chi connectivity index (χ3v) is 3.55. The summed E-state index contributed by atoms with van der Waals surface area (Å²) in [6.07, 6.45) is 0. The van der Waals surface area contributed by atoms with Gasteiger partial charge in [0.15, 0.2) is 5.25 Å². The van der Waals surface area contributed by atoms with E-state index in [0.29, 0.717) is 0 Å². The molecular weight excluding hydrogens is 246 g/mol. The number of carboxylic acids is 1. The van der Waals surface area contributed by atoms with Gasteiger partial charge in [-0.2, -0.15) is 0 Å². The molecule has 0 heterocycles. The number of carbonyl (C=O) groups is 1. The normalized spacial score (nSPS) is 13.2. The summed E-state index contributed by atoms with van der Waals surface area (Å²) in [6, 6.07) is 8.91. The number of hydrogen-bond acceptors (Lipinski definition) is 4. The summed E-state index contributed by atoms with van der Waals surface area (Å²) >= 11 is 0. The van der Waals surface area contributed by atoms with Gasteiger partial charge >= 0.3 is 5.97 Å². The van der Waals surface area contributed by atoms with Gasteiger partial charge in [0.05, 0.1) is 6.61 Å².